The van der Waals surface area contributed by atoms with E-state index in [0.29, 0.717) is 0 Å². The molecule has 0 saturated heterocycles. The Bertz CT molecular complexity index is 267. The van der Waals surface area contributed by atoms with Crippen molar-refractivity contribution in [2.75, 3.05) is 0 Å². The van der Waals surface area contributed by atoms with Crippen molar-refractivity contribution in [3.8, 4) is 0 Å². The molecule has 1 unspecified atom stereocenters. The quantitative estimate of drug-likeness (QED) is 0.606. The molecule has 0 aromatic heterocycles. The maximum absolute atomic E-state index is 2.41. The number of benzene rings is 1. The predicted octanol–water partition coefficient (Wildman–Crippen LogP) is 4.76. The molecule has 0 nitrogen and oxygen atoms in total. The van der Waals surface area contributed by atoms with Gasteiger partial charge in [0.1, 0.15) is 0 Å². The van der Waals surface area contributed by atoms with Crippen molar-refractivity contribution in [1.82, 2.24) is 0 Å². The topological polar surface area (TPSA) is 0 Å². The van der Waals surface area contributed by atoms with Crippen molar-refractivity contribution in [3.05, 3.63) is 35.9 Å². The fraction of sp³-hybridized carbons (Fsp3) is 0.600. The summed E-state index contributed by atoms with van der Waals surface area (Å²) < 4.78 is 0. The lowest BCUT2D eigenvalue weighted by molar-refractivity contribution is 0.394. The molecule has 1 aromatic carbocycles. The predicted molar refractivity (Wildman–Crippen MR) is 66.0 cm³/mol. The molecule has 2 rings (SSSR count). The van der Waals surface area contributed by atoms with Crippen LogP contribution in [-0.2, 0) is 0 Å². The highest BCUT2D eigenvalue weighted by Gasteiger charge is 2.19. The van der Waals surface area contributed by atoms with Crippen molar-refractivity contribution in [2.45, 2.75) is 51.4 Å². The van der Waals surface area contributed by atoms with E-state index < -0.39 is 0 Å². The molecule has 1 fully saturated rings. The number of rotatable bonds is 2. The molecule has 82 valence electrons. The molecule has 1 atom stereocenters. The van der Waals surface area contributed by atoms with E-state index in [4.69, 9.17) is 0 Å². The van der Waals surface area contributed by atoms with Crippen molar-refractivity contribution in [1.29, 1.82) is 0 Å². The zero-order valence-electron chi connectivity index (χ0n) is 9.78. The van der Waals surface area contributed by atoms with Crippen LogP contribution in [0.2, 0.25) is 0 Å². The van der Waals surface area contributed by atoms with E-state index >= 15 is 0 Å². The van der Waals surface area contributed by atoms with Gasteiger partial charge in [-0.25, -0.2) is 0 Å². The molecule has 0 aliphatic heterocycles. The molecule has 0 N–H and O–H groups in total. The second-order valence-corrected chi connectivity index (χ2v) is 4.95. The standard InChI is InChI=1S/C15H22/c1-13(15-11-7-4-8-12-15)14-9-5-2-3-6-10-14/h4,7-8,11-14H,2-3,5-6,9-10H2,1H3. The van der Waals surface area contributed by atoms with Crippen LogP contribution >= 0.6 is 0 Å². The minimum Gasteiger partial charge on any atom is -0.0622 e. The molecule has 1 aromatic rings. The van der Waals surface area contributed by atoms with Gasteiger partial charge >= 0.3 is 0 Å². The summed E-state index contributed by atoms with van der Waals surface area (Å²) in [7, 11) is 0. The molecule has 0 radical (unpaired) electrons. The largest absolute Gasteiger partial charge is 0.0622 e. The van der Waals surface area contributed by atoms with Gasteiger partial charge in [0.05, 0.1) is 0 Å². The summed E-state index contributed by atoms with van der Waals surface area (Å²) in [6.45, 7) is 2.41. The van der Waals surface area contributed by atoms with Gasteiger partial charge in [-0.15, -0.1) is 0 Å². The van der Waals surface area contributed by atoms with E-state index in [1.807, 2.05) is 0 Å². The van der Waals surface area contributed by atoms with Crippen LogP contribution in [0.25, 0.3) is 0 Å². The Morgan fingerprint density at radius 1 is 0.933 bits per heavy atom. The maximum atomic E-state index is 2.41. The van der Waals surface area contributed by atoms with E-state index in [9.17, 15) is 0 Å². The SMILES string of the molecule is CC(c1ccccc1)C1CCCCCC1. The zero-order chi connectivity index (χ0) is 10.5. The maximum Gasteiger partial charge on any atom is -0.0162 e. The molecule has 0 amide bonds. The van der Waals surface area contributed by atoms with Crippen LogP contribution in [0.3, 0.4) is 0 Å². The monoisotopic (exact) mass is 202 g/mol. The molecule has 15 heavy (non-hydrogen) atoms. The van der Waals surface area contributed by atoms with Crippen LogP contribution in [0, 0.1) is 5.92 Å². The van der Waals surface area contributed by atoms with E-state index in [2.05, 4.69) is 37.3 Å². The summed E-state index contributed by atoms with van der Waals surface area (Å²) in [5.41, 5.74) is 1.53. The first-order valence-corrected chi connectivity index (χ1v) is 6.43. The second kappa shape index (κ2) is 5.34. The van der Waals surface area contributed by atoms with Gasteiger partial charge in [0.25, 0.3) is 0 Å². The zero-order valence-corrected chi connectivity index (χ0v) is 9.78. The van der Waals surface area contributed by atoms with Gasteiger partial charge in [0.2, 0.25) is 0 Å². The number of hydrogen-bond acceptors (Lipinski definition) is 0. The highest BCUT2D eigenvalue weighted by atomic mass is 14.2. The smallest absolute Gasteiger partial charge is 0.0162 e. The highest BCUT2D eigenvalue weighted by molar-refractivity contribution is 5.19. The van der Waals surface area contributed by atoms with Crippen LogP contribution < -0.4 is 0 Å². The molecule has 0 heterocycles. The van der Waals surface area contributed by atoms with Gasteiger partial charge < -0.3 is 0 Å². The first-order valence-electron chi connectivity index (χ1n) is 6.43. The highest BCUT2D eigenvalue weighted by Crippen LogP contribution is 2.34. The minimum absolute atomic E-state index is 0.754. The Hall–Kier alpha value is -0.780. The van der Waals surface area contributed by atoms with Crippen molar-refractivity contribution in [2.24, 2.45) is 5.92 Å². The fourth-order valence-electron chi connectivity index (χ4n) is 2.84. The van der Waals surface area contributed by atoms with Crippen LogP contribution in [0.5, 0.6) is 0 Å². The van der Waals surface area contributed by atoms with Crippen LogP contribution in [0.4, 0.5) is 0 Å². The Morgan fingerprint density at radius 3 is 2.13 bits per heavy atom. The van der Waals surface area contributed by atoms with E-state index in [0.717, 1.165) is 11.8 Å². The molecule has 1 aliphatic carbocycles. The summed E-state index contributed by atoms with van der Waals surface area (Å²) in [6, 6.07) is 11.0. The summed E-state index contributed by atoms with van der Waals surface area (Å²) in [6.07, 6.45) is 8.69. The van der Waals surface area contributed by atoms with E-state index in [1.165, 1.54) is 44.1 Å². The molecule has 0 heteroatoms. The normalized spacial score (nSPS) is 20.9. The molecule has 0 bridgehead atoms. The first kappa shape index (κ1) is 10.7. The lowest BCUT2D eigenvalue weighted by Gasteiger charge is -2.22. The van der Waals surface area contributed by atoms with Gasteiger partial charge in [-0.3, -0.25) is 0 Å². The van der Waals surface area contributed by atoms with E-state index in [-0.39, 0.29) is 0 Å². The van der Waals surface area contributed by atoms with Gasteiger partial charge in [-0.2, -0.15) is 0 Å². The minimum atomic E-state index is 0.754. The Morgan fingerprint density at radius 2 is 1.53 bits per heavy atom. The third kappa shape index (κ3) is 2.84. The molecule has 1 saturated carbocycles. The Labute approximate surface area is 93.7 Å². The number of hydrogen-bond donors (Lipinski definition) is 0. The summed E-state index contributed by atoms with van der Waals surface area (Å²) in [5, 5.41) is 0. The van der Waals surface area contributed by atoms with Crippen molar-refractivity contribution >= 4 is 0 Å². The third-order valence-electron chi connectivity index (χ3n) is 3.93. The van der Waals surface area contributed by atoms with Gasteiger partial charge in [-0.05, 0) is 30.2 Å². The van der Waals surface area contributed by atoms with Crippen LogP contribution in [0.15, 0.2) is 30.3 Å². The van der Waals surface area contributed by atoms with Gasteiger partial charge in [-0.1, -0.05) is 62.9 Å². The second-order valence-electron chi connectivity index (χ2n) is 4.95. The summed E-state index contributed by atoms with van der Waals surface area (Å²) in [5.74, 6) is 1.68. The third-order valence-corrected chi connectivity index (χ3v) is 3.93. The summed E-state index contributed by atoms with van der Waals surface area (Å²) in [4.78, 5) is 0. The lowest BCUT2D eigenvalue weighted by Crippen LogP contribution is -2.09. The first-order chi connectivity index (χ1) is 7.38. The lowest BCUT2D eigenvalue weighted by atomic mass is 9.83. The van der Waals surface area contributed by atoms with Gasteiger partial charge in [0.15, 0.2) is 0 Å². The molecule has 0 spiro atoms. The molecular weight excluding hydrogens is 180 g/mol. The average Bonchev–Trinajstić information content (AvgIpc) is 2.58. The fourth-order valence-corrected chi connectivity index (χ4v) is 2.84. The van der Waals surface area contributed by atoms with Crippen molar-refractivity contribution < 1.29 is 0 Å². The van der Waals surface area contributed by atoms with E-state index in [1.54, 1.807) is 0 Å². The Balaban J connectivity index is 2.03. The summed E-state index contributed by atoms with van der Waals surface area (Å²) >= 11 is 0. The molecule has 1 aliphatic rings. The van der Waals surface area contributed by atoms with Crippen molar-refractivity contribution in [3.63, 3.8) is 0 Å². The molecular formula is C15H22. The van der Waals surface area contributed by atoms with Crippen LogP contribution in [0.1, 0.15) is 56.9 Å². The average molecular weight is 202 g/mol. The van der Waals surface area contributed by atoms with Gasteiger partial charge in [0, 0.05) is 0 Å². The Kier molecular flexibility index (Phi) is 3.82. The van der Waals surface area contributed by atoms with Crippen LogP contribution in [-0.4, -0.2) is 0 Å².